The van der Waals surface area contributed by atoms with Gasteiger partial charge in [0, 0.05) is 26.5 Å². The lowest BCUT2D eigenvalue weighted by molar-refractivity contribution is 0.596. The Hall–Kier alpha value is -1.51. The molecule has 0 bridgehead atoms. The summed E-state index contributed by atoms with van der Waals surface area (Å²) >= 11 is 9.52. The monoisotopic (exact) mass is 358 g/mol. The van der Waals surface area contributed by atoms with E-state index in [0.29, 0.717) is 5.02 Å². The summed E-state index contributed by atoms with van der Waals surface area (Å²) in [6.07, 6.45) is 4.20. The first-order chi connectivity index (χ1) is 10.2. The van der Waals surface area contributed by atoms with Crippen molar-refractivity contribution in [3.8, 4) is 0 Å². The van der Waals surface area contributed by atoms with Gasteiger partial charge in [0.1, 0.15) is 11.3 Å². The lowest BCUT2D eigenvalue weighted by Crippen LogP contribution is -1.96. The SMILES string of the molecule is Clc1ccc2c3c(oc2c1)C=C(c1ccc(Br)cc1)CC3. The molecule has 0 spiro atoms. The number of allylic oxidation sites excluding steroid dienone is 1. The number of fused-ring (bicyclic) bond motifs is 3. The Morgan fingerprint density at radius 1 is 1.00 bits per heavy atom. The van der Waals surface area contributed by atoms with Crippen molar-refractivity contribution in [2.45, 2.75) is 12.8 Å². The largest absolute Gasteiger partial charge is 0.456 e. The molecule has 1 heterocycles. The van der Waals surface area contributed by atoms with Crippen LogP contribution in [0.15, 0.2) is 51.4 Å². The molecule has 2 aromatic carbocycles. The van der Waals surface area contributed by atoms with Gasteiger partial charge in [0.25, 0.3) is 0 Å². The Balaban J connectivity index is 1.83. The molecule has 0 saturated heterocycles. The maximum Gasteiger partial charge on any atom is 0.136 e. The van der Waals surface area contributed by atoms with Gasteiger partial charge in [0.05, 0.1) is 0 Å². The van der Waals surface area contributed by atoms with Gasteiger partial charge < -0.3 is 4.42 Å². The third kappa shape index (κ3) is 2.33. The van der Waals surface area contributed by atoms with E-state index in [9.17, 15) is 0 Å². The summed E-state index contributed by atoms with van der Waals surface area (Å²) in [4.78, 5) is 0. The van der Waals surface area contributed by atoms with Gasteiger partial charge in [0.2, 0.25) is 0 Å². The van der Waals surface area contributed by atoms with Crippen LogP contribution in [0.3, 0.4) is 0 Å². The molecule has 0 N–H and O–H groups in total. The highest BCUT2D eigenvalue weighted by atomic mass is 79.9. The van der Waals surface area contributed by atoms with Gasteiger partial charge in [-0.3, -0.25) is 0 Å². The maximum atomic E-state index is 6.04. The van der Waals surface area contributed by atoms with Crippen LogP contribution >= 0.6 is 27.5 Å². The summed E-state index contributed by atoms with van der Waals surface area (Å²) in [7, 11) is 0. The zero-order chi connectivity index (χ0) is 14.4. The van der Waals surface area contributed by atoms with Crippen LogP contribution in [-0.2, 0) is 6.42 Å². The molecular formula is C18H12BrClO. The summed E-state index contributed by atoms with van der Waals surface area (Å²) in [5.41, 5.74) is 4.74. The van der Waals surface area contributed by atoms with Gasteiger partial charge >= 0.3 is 0 Å². The van der Waals surface area contributed by atoms with Crippen LogP contribution in [0.1, 0.15) is 23.3 Å². The topological polar surface area (TPSA) is 13.1 Å². The van der Waals surface area contributed by atoms with Crippen molar-refractivity contribution in [3.05, 3.63) is 68.8 Å². The van der Waals surface area contributed by atoms with Gasteiger partial charge in [-0.2, -0.15) is 0 Å². The molecule has 0 saturated carbocycles. The van der Waals surface area contributed by atoms with Crippen molar-refractivity contribution in [1.82, 2.24) is 0 Å². The fourth-order valence-corrected chi connectivity index (χ4v) is 3.33. The summed E-state index contributed by atoms with van der Waals surface area (Å²) in [5, 5.41) is 1.89. The van der Waals surface area contributed by atoms with Crippen LogP contribution in [0.25, 0.3) is 22.6 Å². The Bertz CT molecular complexity index is 859. The van der Waals surface area contributed by atoms with E-state index in [2.05, 4.69) is 52.3 Å². The van der Waals surface area contributed by atoms with Gasteiger partial charge in [-0.15, -0.1) is 0 Å². The maximum absolute atomic E-state index is 6.04. The molecule has 1 aromatic heterocycles. The molecular weight excluding hydrogens is 348 g/mol. The standard InChI is InChI=1S/C18H12BrClO/c19-13-4-1-11(2-5-13)12-3-7-15-16-8-6-14(20)10-18(16)21-17(15)9-12/h1-2,4-6,8-10H,3,7H2. The third-order valence-electron chi connectivity index (χ3n) is 3.95. The summed E-state index contributed by atoms with van der Waals surface area (Å²) < 4.78 is 7.08. The van der Waals surface area contributed by atoms with Crippen LogP contribution in [-0.4, -0.2) is 0 Å². The minimum absolute atomic E-state index is 0.714. The highest BCUT2D eigenvalue weighted by molar-refractivity contribution is 9.10. The van der Waals surface area contributed by atoms with Crippen LogP contribution in [0.5, 0.6) is 0 Å². The summed E-state index contributed by atoms with van der Waals surface area (Å²) in [5.74, 6) is 0.969. The lowest BCUT2D eigenvalue weighted by atomic mass is 9.91. The number of benzene rings is 2. The van der Waals surface area contributed by atoms with Crippen LogP contribution < -0.4 is 0 Å². The molecule has 3 heteroatoms. The number of furan rings is 1. The van der Waals surface area contributed by atoms with E-state index in [4.69, 9.17) is 16.0 Å². The molecule has 0 unspecified atom stereocenters. The molecule has 1 aliphatic rings. The zero-order valence-electron chi connectivity index (χ0n) is 11.2. The van der Waals surface area contributed by atoms with Crippen LogP contribution in [0, 0.1) is 0 Å². The molecule has 1 nitrogen and oxygen atoms in total. The Labute approximate surface area is 136 Å². The summed E-state index contributed by atoms with van der Waals surface area (Å²) in [6, 6.07) is 14.3. The lowest BCUT2D eigenvalue weighted by Gasteiger charge is -2.13. The molecule has 21 heavy (non-hydrogen) atoms. The van der Waals surface area contributed by atoms with Crippen molar-refractivity contribution >= 4 is 50.1 Å². The molecule has 104 valence electrons. The van der Waals surface area contributed by atoms with E-state index in [1.807, 2.05) is 12.1 Å². The van der Waals surface area contributed by atoms with Crippen LogP contribution in [0.2, 0.25) is 5.02 Å². The Kier molecular flexibility index (Phi) is 3.16. The summed E-state index contributed by atoms with van der Waals surface area (Å²) in [6.45, 7) is 0. The second-order valence-electron chi connectivity index (χ2n) is 5.26. The highest BCUT2D eigenvalue weighted by Gasteiger charge is 2.18. The highest BCUT2D eigenvalue weighted by Crippen LogP contribution is 2.37. The van der Waals surface area contributed by atoms with Crippen molar-refractivity contribution in [2.24, 2.45) is 0 Å². The number of aryl methyl sites for hydroxylation is 1. The van der Waals surface area contributed by atoms with Gasteiger partial charge in [0.15, 0.2) is 0 Å². The Morgan fingerprint density at radius 2 is 1.81 bits per heavy atom. The third-order valence-corrected chi connectivity index (χ3v) is 4.71. The van der Waals surface area contributed by atoms with E-state index in [-0.39, 0.29) is 0 Å². The molecule has 0 aliphatic heterocycles. The molecule has 0 radical (unpaired) electrons. The van der Waals surface area contributed by atoms with Crippen molar-refractivity contribution < 1.29 is 4.42 Å². The van der Waals surface area contributed by atoms with E-state index in [1.54, 1.807) is 0 Å². The van der Waals surface area contributed by atoms with Crippen LogP contribution in [0.4, 0.5) is 0 Å². The second kappa shape index (κ2) is 5.04. The number of rotatable bonds is 1. The minimum atomic E-state index is 0.714. The van der Waals surface area contributed by atoms with E-state index < -0.39 is 0 Å². The first-order valence-corrected chi connectivity index (χ1v) is 8.05. The number of hydrogen-bond donors (Lipinski definition) is 0. The second-order valence-corrected chi connectivity index (χ2v) is 6.61. The average Bonchev–Trinajstić information content (AvgIpc) is 2.84. The molecule has 0 fully saturated rings. The predicted molar refractivity (Wildman–Crippen MR) is 91.6 cm³/mol. The van der Waals surface area contributed by atoms with Gasteiger partial charge in [-0.05, 0) is 54.3 Å². The van der Waals surface area contributed by atoms with E-state index in [0.717, 1.165) is 28.7 Å². The van der Waals surface area contributed by atoms with Crippen molar-refractivity contribution in [3.63, 3.8) is 0 Å². The fourth-order valence-electron chi connectivity index (χ4n) is 2.90. The molecule has 3 aromatic rings. The smallest absolute Gasteiger partial charge is 0.136 e. The first-order valence-electron chi connectivity index (χ1n) is 6.88. The quantitative estimate of drug-likeness (QED) is 0.494. The normalized spacial score (nSPS) is 14.1. The van der Waals surface area contributed by atoms with Gasteiger partial charge in [-0.25, -0.2) is 0 Å². The van der Waals surface area contributed by atoms with Crippen molar-refractivity contribution in [1.29, 1.82) is 0 Å². The van der Waals surface area contributed by atoms with Gasteiger partial charge in [-0.1, -0.05) is 39.7 Å². The molecule has 4 rings (SSSR count). The zero-order valence-corrected chi connectivity index (χ0v) is 13.5. The minimum Gasteiger partial charge on any atom is -0.456 e. The van der Waals surface area contributed by atoms with E-state index in [1.165, 1.54) is 22.1 Å². The molecule has 1 aliphatic carbocycles. The fraction of sp³-hybridized carbons (Fsp3) is 0.111. The Morgan fingerprint density at radius 3 is 2.62 bits per heavy atom. The predicted octanol–water partition coefficient (Wildman–Crippen LogP) is 6.34. The number of hydrogen-bond acceptors (Lipinski definition) is 1. The van der Waals surface area contributed by atoms with Crippen molar-refractivity contribution in [2.75, 3.05) is 0 Å². The number of halogens is 2. The molecule has 0 atom stereocenters. The molecule has 0 amide bonds. The average molecular weight is 360 g/mol. The van der Waals surface area contributed by atoms with E-state index >= 15 is 0 Å². The first kappa shape index (κ1) is 13.2.